The molecule has 1 aromatic rings. The van der Waals surface area contributed by atoms with Crippen molar-refractivity contribution in [2.24, 2.45) is 5.73 Å². The van der Waals surface area contributed by atoms with Crippen molar-refractivity contribution in [3.05, 3.63) is 29.8 Å². The lowest BCUT2D eigenvalue weighted by Crippen LogP contribution is -2.58. The Morgan fingerprint density at radius 2 is 1.77 bits per heavy atom. The fourth-order valence-corrected chi connectivity index (χ4v) is 4.51. The highest BCUT2D eigenvalue weighted by molar-refractivity contribution is 6.02. The molecule has 4 nitrogen and oxygen atoms in total. The molecule has 2 fully saturated rings. The van der Waals surface area contributed by atoms with E-state index in [1.807, 2.05) is 11.0 Å². The van der Waals surface area contributed by atoms with Crippen LogP contribution in [0.4, 0.5) is 5.69 Å². The molecule has 0 radical (unpaired) electrons. The quantitative estimate of drug-likeness (QED) is 0.866. The molecule has 1 saturated carbocycles. The van der Waals surface area contributed by atoms with E-state index in [0.29, 0.717) is 26.1 Å². The molecule has 2 aliphatic heterocycles. The lowest BCUT2D eigenvalue weighted by atomic mass is 9.81. The average Bonchev–Trinajstić information content (AvgIpc) is 3.14. The molecule has 0 atom stereocenters. The van der Waals surface area contributed by atoms with E-state index >= 15 is 0 Å². The number of rotatable bonds is 1. The Morgan fingerprint density at radius 3 is 2.50 bits per heavy atom. The number of benzene rings is 1. The first-order valence-electron chi connectivity index (χ1n) is 8.43. The zero-order valence-electron chi connectivity index (χ0n) is 13.0. The number of hydrogen-bond donors (Lipinski definition) is 1. The van der Waals surface area contributed by atoms with E-state index in [1.54, 1.807) is 0 Å². The molecule has 118 valence electrons. The van der Waals surface area contributed by atoms with Crippen molar-refractivity contribution in [2.45, 2.75) is 49.5 Å². The van der Waals surface area contributed by atoms with Crippen LogP contribution in [0.2, 0.25) is 0 Å². The number of para-hydroxylation sites is 1. The molecule has 2 heterocycles. The van der Waals surface area contributed by atoms with Crippen molar-refractivity contribution < 1.29 is 9.53 Å². The van der Waals surface area contributed by atoms with Crippen LogP contribution in [0.3, 0.4) is 0 Å². The van der Waals surface area contributed by atoms with Crippen LogP contribution in [0.1, 0.15) is 44.1 Å². The Hall–Kier alpha value is -1.39. The molecule has 0 bridgehead atoms. The molecule has 3 aliphatic rings. The molecule has 4 heteroatoms. The molecule has 0 unspecified atom stereocenters. The third kappa shape index (κ3) is 2.01. The Kier molecular flexibility index (Phi) is 3.27. The van der Waals surface area contributed by atoms with Gasteiger partial charge in [-0.15, -0.1) is 0 Å². The third-order valence-electron chi connectivity index (χ3n) is 5.84. The van der Waals surface area contributed by atoms with E-state index in [0.717, 1.165) is 12.2 Å². The van der Waals surface area contributed by atoms with Gasteiger partial charge in [-0.2, -0.15) is 0 Å². The van der Waals surface area contributed by atoms with Gasteiger partial charge in [-0.1, -0.05) is 31.0 Å². The van der Waals surface area contributed by atoms with Gasteiger partial charge in [-0.05, 0) is 37.3 Å². The van der Waals surface area contributed by atoms with Crippen molar-refractivity contribution in [3.8, 4) is 0 Å². The molecule has 22 heavy (non-hydrogen) atoms. The largest absolute Gasteiger partial charge is 0.381 e. The van der Waals surface area contributed by atoms with Crippen molar-refractivity contribution in [3.63, 3.8) is 0 Å². The molecular weight excluding hydrogens is 276 g/mol. The second kappa shape index (κ2) is 5.07. The summed E-state index contributed by atoms with van der Waals surface area (Å²) in [6, 6.07) is 8.42. The van der Waals surface area contributed by atoms with Gasteiger partial charge in [-0.3, -0.25) is 4.79 Å². The highest BCUT2D eigenvalue weighted by atomic mass is 16.5. The summed E-state index contributed by atoms with van der Waals surface area (Å²) in [5, 5.41) is 0. The van der Waals surface area contributed by atoms with Gasteiger partial charge in [-0.25, -0.2) is 0 Å². The van der Waals surface area contributed by atoms with E-state index in [9.17, 15) is 4.79 Å². The number of nitrogens with zero attached hydrogens (tertiary/aromatic N) is 1. The fraction of sp³-hybridized carbons (Fsp3) is 0.611. The normalized spacial score (nSPS) is 25.4. The van der Waals surface area contributed by atoms with Crippen LogP contribution in [0.25, 0.3) is 0 Å². The molecular formula is C18H24N2O2. The maximum absolute atomic E-state index is 13.2. The number of hydrogen-bond acceptors (Lipinski definition) is 3. The predicted octanol–water partition coefficient (Wildman–Crippen LogP) is 2.35. The fourth-order valence-electron chi connectivity index (χ4n) is 4.51. The van der Waals surface area contributed by atoms with Gasteiger partial charge >= 0.3 is 0 Å². The minimum atomic E-state index is -0.754. The monoisotopic (exact) mass is 300 g/mol. The Labute approximate surface area is 131 Å². The van der Waals surface area contributed by atoms with Crippen molar-refractivity contribution in [1.82, 2.24) is 0 Å². The number of fused-ring (bicyclic) bond motifs is 2. The van der Waals surface area contributed by atoms with Crippen LogP contribution in [-0.4, -0.2) is 31.2 Å². The van der Waals surface area contributed by atoms with Gasteiger partial charge in [0.05, 0.1) is 0 Å². The molecule has 2 N–H and O–H groups in total. The number of carbonyl (C=O) groups excluding carboxylic acids is 1. The first-order valence-corrected chi connectivity index (χ1v) is 8.43. The van der Waals surface area contributed by atoms with E-state index in [1.165, 1.54) is 31.2 Å². The smallest absolute Gasteiger partial charge is 0.247 e. The van der Waals surface area contributed by atoms with Gasteiger partial charge in [0.1, 0.15) is 5.54 Å². The standard InChI is InChI=1S/C18H24N2O2/c19-18(9-11-22-12-10-18)16(21)20-13-17(7-3-4-8-17)14-5-1-2-6-15(14)20/h1-2,5-6H,3-4,7-13,19H2. The van der Waals surface area contributed by atoms with Crippen LogP contribution in [0.5, 0.6) is 0 Å². The molecule has 1 amide bonds. The van der Waals surface area contributed by atoms with Crippen LogP contribution >= 0.6 is 0 Å². The zero-order valence-corrected chi connectivity index (χ0v) is 13.0. The second-order valence-corrected chi connectivity index (χ2v) is 7.16. The minimum Gasteiger partial charge on any atom is -0.381 e. The minimum absolute atomic E-state index is 0.0898. The Morgan fingerprint density at radius 1 is 1.09 bits per heavy atom. The summed E-state index contributed by atoms with van der Waals surface area (Å²) in [4.78, 5) is 15.1. The van der Waals surface area contributed by atoms with Crippen LogP contribution in [0.15, 0.2) is 24.3 Å². The first kappa shape index (κ1) is 14.2. The first-order chi connectivity index (χ1) is 10.6. The van der Waals surface area contributed by atoms with Gasteiger partial charge < -0.3 is 15.4 Å². The maximum Gasteiger partial charge on any atom is 0.247 e. The van der Waals surface area contributed by atoms with E-state index in [2.05, 4.69) is 18.2 Å². The maximum atomic E-state index is 13.2. The Balaban J connectivity index is 1.70. The van der Waals surface area contributed by atoms with E-state index in [-0.39, 0.29) is 11.3 Å². The summed E-state index contributed by atoms with van der Waals surface area (Å²) in [6.45, 7) is 1.98. The highest BCUT2D eigenvalue weighted by Crippen LogP contribution is 2.50. The number of nitrogens with two attached hydrogens (primary N) is 1. The third-order valence-corrected chi connectivity index (χ3v) is 5.84. The molecule has 1 spiro atoms. The summed E-state index contributed by atoms with van der Waals surface area (Å²) < 4.78 is 5.39. The Bertz CT molecular complexity index is 587. The van der Waals surface area contributed by atoms with Crippen LogP contribution in [-0.2, 0) is 14.9 Å². The summed E-state index contributed by atoms with van der Waals surface area (Å²) in [7, 11) is 0. The number of anilines is 1. The molecule has 1 aromatic carbocycles. The van der Waals surface area contributed by atoms with Gasteiger partial charge in [0.15, 0.2) is 0 Å². The number of amides is 1. The van der Waals surface area contributed by atoms with Gasteiger partial charge in [0, 0.05) is 30.9 Å². The summed E-state index contributed by atoms with van der Waals surface area (Å²) in [6.07, 6.45) is 6.15. The van der Waals surface area contributed by atoms with Crippen molar-refractivity contribution >= 4 is 11.6 Å². The lowest BCUT2D eigenvalue weighted by Gasteiger charge is -2.36. The molecule has 0 aromatic heterocycles. The molecule has 1 saturated heterocycles. The summed E-state index contributed by atoms with van der Waals surface area (Å²) >= 11 is 0. The van der Waals surface area contributed by atoms with Crippen LogP contribution < -0.4 is 10.6 Å². The van der Waals surface area contributed by atoms with Crippen molar-refractivity contribution in [2.75, 3.05) is 24.7 Å². The number of carbonyl (C=O) groups is 1. The number of ether oxygens (including phenoxy) is 1. The van der Waals surface area contributed by atoms with E-state index < -0.39 is 5.54 Å². The zero-order chi connectivity index (χ0) is 15.2. The van der Waals surface area contributed by atoms with E-state index in [4.69, 9.17) is 10.5 Å². The summed E-state index contributed by atoms with van der Waals surface area (Å²) in [5.41, 5.74) is 8.32. The van der Waals surface area contributed by atoms with Crippen molar-refractivity contribution in [1.29, 1.82) is 0 Å². The van der Waals surface area contributed by atoms with Gasteiger partial charge in [0.2, 0.25) is 5.91 Å². The average molecular weight is 300 g/mol. The van der Waals surface area contributed by atoms with Crippen LogP contribution in [0, 0.1) is 0 Å². The lowest BCUT2D eigenvalue weighted by molar-refractivity contribution is -0.127. The molecule has 4 rings (SSSR count). The second-order valence-electron chi connectivity index (χ2n) is 7.16. The summed E-state index contributed by atoms with van der Waals surface area (Å²) in [5.74, 6) is 0.0898. The topological polar surface area (TPSA) is 55.6 Å². The predicted molar refractivity (Wildman–Crippen MR) is 85.9 cm³/mol. The highest BCUT2D eigenvalue weighted by Gasteiger charge is 2.49. The van der Waals surface area contributed by atoms with Gasteiger partial charge in [0.25, 0.3) is 0 Å². The molecule has 1 aliphatic carbocycles. The SMILES string of the molecule is NC1(C(=O)N2CC3(CCCC3)c3ccccc32)CCOCC1.